The van der Waals surface area contributed by atoms with Gasteiger partial charge < -0.3 is 9.32 Å². The smallest absolute Gasteiger partial charge is 0.136 e. The molecule has 1 unspecified atom stereocenters. The topological polar surface area (TPSA) is 16.4 Å². The molecule has 270 valence electrons. The molecule has 1 heterocycles. The number of aryl methyl sites for hydroxylation is 1. The van der Waals surface area contributed by atoms with Crippen LogP contribution in [-0.4, -0.2) is 0 Å². The van der Waals surface area contributed by atoms with Crippen LogP contribution in [0.2, 0.25) is 0 Å². The van der Waals surface area contributed by atoms with Crippen molar-refractivity contribution in [1.82, 2.24) is 0 Å². The average molecular weight is 730 g/mol. The molecule has 1 atom stereocenters. The SMILES string of the molecule is c1ccc(-c2c3c(cc4oc5ccccc5c24)CCC(c2ccc(N(c4ccccc4)c4ccccc4)cc2)c2ccc(-c4ccc5ccccc5c4)cc2-3)cc1. The highest BCUT2D eigenvalue weighted by atomic mass is 16.3. The lowest BCUT2D eigenvalue weighted by atomic mass is 9.82. The van der Waals surface area contributed by atoms with Gasteiger partial charge in [0.2, 0.25) is 0 Å². The minimum atomic E-state index is 0.195. The molecule has 0 aliphatic heterocycles. The molecule has 57 heavy (non-hydrogen) atoms. The van der Waals surface area contributed by atoms with Crippen LogP contribution in [0, 0.1) is 0 Å². The second-order valence-corrected chi connectivity index (χ2v) is 15.2. The zero-order chi connectivity index (χ0) is 37.7. The number of para-hydroxylation sites is 3. The number of fused-ring (bicyclic) bond motifs is 7. The Bertz CT molecular complexity index is 3020. The quantitative estimate of drug-likeness (QED) is 0.169. The summed E-state index contributed by atoms with van der Waals surface area (Å²) in [5.74, 6) is 0.195. The zero-order valence-corrected chi connectivity index (χ0v) is 31.5. The van der Waals surface area contributed by atoms with E-state index in [1.807, 2.05) is 0 Å². The predicted octanol–water partition coefficient (Wildman–Crippen LogP) is 15.3. The lowest BCUT2D eigenvalue weighted by Gasteiger charge is -2.26. The monoisotopic (exact) mass is 729 g/mol. The fourth-order valence-electron chi connectivity index (χ4n) is 9.22. The standard InChI is InChI=1S/C55H39NO/c1-4-15-39(16-5-1)54-53-43(36-52-55(54)49-22-12-13-23-51(49)57-52)29-32-47(48-33-28-42(35-50(48)53)41-25-24-37-14-10-11-17-40(37)34-41)38-26-30-46(31-27-38)56(44-18-6-2-7-19-44)45-20-8-3-9-21-45/h1-28,30-31,33-36,47H,29,32H2. The largest absolute Gasteiger partial charge is 0.456 e. The summed E-state index contributed by atoms with van der Waals surface area (Å²) in [7, 11) is 0. The molecule has 0 saturated heterocycles. The first-order valence-corrected chi connectivity index (χ1v) is 19.9. The highest BCUT2D eigenvalue weighted by Crippen LogP contribution is 2.51. The van der Waals surface area contributed by atoms with Gasteiger partial charge in [0.1, 0.15) is 11.2 Å². The molecule has 0 fully saturated rings. The van der Waals surface area contributed by atoms with Crippen LogP contribution >= 0.6 is 0 Å². The van der Waals surface area contributed by atoms with Gasteiger partial charge in [-0.05, 0) is 129 Å². The summed E-state index contributed by atoms with van der Waals surface area (Å²) in [5, 5.41) is 4.84. The van der Waals surface area contributed by atoms with E-state index in [0.717, 1.165) is 46.5 Å². The third-order valence-electron chi connectivity index (χ3n) is 11.9. The van der Waals surface area contributed by atoms with Gasteiger partial charge in [-0.2, -0.15) is 0 Å². The number of nitrogens with zero attached hydrogens (tertiary/aromatic N) is 1. The van der Waals surface area contributed by atoms with Crippen molar-refractivity contribution in [1.29, 1.82) is 0 Å². The van der Waals surface area contributed by atoms with Crippen LogP contribution in [0.4, 0.5) is 17.1 Å². The third kappa shape index (κ3) is 5.81. The molecule has 1 aromatic heterocycles. The number of benzene rings is 9. The normalized spacial score (nSPS) is 13.6. The molecule has 0 N–H and O–H groups in total. The summed E-state index contributed by atoms with van der Waals surface area (Å²) in [6, 6.07) is 75.1. The molecule has 9 aromatic carbocycles. The summed E-state index contributed by atoms with van der Waals surface area (Å²) < 4.78 is 6.66. The van der Waals surface area contributed by atoms with Crippen LogP contribution < -0.4 is 4.90 Å². The molecule has 0 amide bonds. The van der Waals surface area contributed by atoms with Crippen LogP contribution in [0.5, 0.6) is 0 Å². The van der Waals surface area contributed by atoms with E-state index in [0.29, 0.717) is 0 Å². The Morgan fingerprint density at radius 2 is 1.05 bits per heavy atom. The molecular formula is C55H39NO. The first kappa shape index (κ1) is 33.2. The first-order valence-electron chi connectivity index (χ1n) is 19.9. The third-order valence-corrected chi connectivity index (χ3v) is 11.9. The summed E-state index contributed by atoms with van der Waals surface area (Å²) in [6.07, 6.45) is 1.91. The van der Waals surface area contributed by atoms with Crippen LogP contribution in [0.25, 0.3) is 66.1 Å². The number of rotatable bonds is 6. The van der Waals surface area contributed by atoms with Crippen LogP contribution in [-0.2, 0) is 6.42 Å². The molecule has 1 aliphatic carbocycles. The van der Waals surface area contributed by atoms with E-state index in [2.05, 4.69) is 211 Å². The maximum absolute atomic E-state index is 6.66. The molecule has 0 spiro atoms. The Balaban J connectivity index is 1.12. The van der Waals surface area contributed by atoms with E-state index in [9.17, 15) is 0 Å². The average Bonchev–Trinajstić information content (AvgIpc) is 3.57. The lowest BCUT2D eigenvalue weighted by molar-refractivity contribution is 0.667. The van der Waals surface area contributed by atoms with Gasteiger partial charge >= 0.3 is 0 Å². The second-order valence-electron chi connectivity index (χ2n) is 15.2. The van der Waals surface area contributed by atoms with Gasteiger partial charge in [-0.3, -0.25) is 0 Å². The van der Waals surface area contributed by atoms with Crippen molar-refractivity contribution in [3.63, 3.8) is 0 Å². The van der Waals surface area contributed by atoms with E-state index in [4.69, 9.17) is 4.42 Å². The van der Waals surface area contributed by atoms with Gasteiger partial charge in [0.05, 0.1) is 0 Å². The summed E-state index contributed by atoms with van der Waals surface area (Å²) in [4.78, 5) is 2.34. The Hall–Kier alpha value is -7.16. The second kappa shape index (κ2) is 13.8. The van der Waals surface area contributed by atoms with Crippen molar-refractivity contribution >= 4 is 49.8 Å². The molecule has 2 nitrogen and oxygen atoms in total. The maximum atomic E-state index is 6.66. The van der Waals surface area contributed by atoms with Gasteiger partial charge in [-0.25, -0.2) is 0 Å². The van der Waals surface area contributed by atoms with Gasteiger partial charge in [0, 0.05) is 39.3 Å². The molecule has 0 radical (unpaired) electrons. The van der Waals surface area contributed by atoms with Crippen molar-refractivity contribution in [3.8, 4) is 33.4 Å². The summed E-state index contributed by atoms with van der Waals surface area (Å²) in [6.45, 7) is 0. The van der Waals surface area contributed by atoms with Crippen LogP contribution in [0.3, 0.4) is 0 Å². The van der Waals surface area contributed by atoms with E-state index in [-0.39, 0.29) is 5.92 Å². The van der Waals surface area contributed by atoms with Crippen LogP contribution in [0.15, 0.2) is 211 Å². The summed E-state index contributed by atoms with van der Waals surface area (Å²) in [5.41, 5.74) is 16.8. The minimum Gasteiger partial charge on any atom is -0.456 e. The molecule has 2 heteroatoms. The van der Waals surface area contributed by atoms with Crippen molar-refractivity contribution in [2.75, 3.05) is 4.90 Å². The van der Waals surface area contributed by atoms with E-state index in [1.165, 1.54) is 66.2 Å². The number of furan rings is 1. The van der Waals surface area contributed by atoms with E-state index in [1.54, 1.807) is 0 Å². The van der Waals surface area contributed by atoms with E-state index >= 15 is 0 Å². The molecule has 10 aromatic rings. The van der Waals surface area contributed by atoms with Crippen molar-refractivity contribution in [2.45, 2.75) is 18.8 Å². The van der Waals surface area contributed by atoms with E-state index < -0.39 is 0 Å². The first-order chi connectivity index (χ1) is 28.3. The fourth-order valence-corrected chi connectivity index (χ4v) is 9.22. The fraction of sp³-hybridized carbons (Fsp3) is 0.0545. The molecule has 0 saturated carbocycles. The van der Waals surface area contributed by atoms with Gasteiger partial charge in [0.25, 0.3) is 0 Å². The molecular weight excluding hydrogens is 691 g/mol. The van der Waals surface area contributed by atoms with Gasteiger partial charge in [0.15, 0.2) is 0 Å². The van der Waals surface area contributed by atoms with Crippen molar-refractivity contribution in [3.05, 3.63) is 223 Å². The highest BCUT2D eigenvalue weighted by Gasteiger charge is 2.29. The van der Waals surface area contributed by atoms with Crippen molar-refractivity contribution < 1.29 is 4.42 Å². The zero-order valence-electron chi connectivity index (χ0n) is 31.5. The number of anilines is 3. The summed E-state index contributed by atoms with van der Waals surface area (Å²) >= 11 is 0. The van der Waals surface area contributed by atoms with Gasteiger partial charge in [-0.15, -0.1) is 0 Å². The van der Waals surface area contributed by atoms with Crippen LogP contribution in [0.1, 0.15) is 29.0 Å². The Morgan fingerprint density at radius 3 is 1.81 bits per heavy atom. The lowest BCUT2D eigenvalue weighted by Crippen LogP contribution is -2.10. The molecule has 1 aliphatic rings. The Labute approximate surface area is 332 Å². The predicted molar refractivity (Wildman–Crippen MR) is 239 cm³/mol. The van der Waals surface area contributed by atoms with Crippen molar-refractivity contribution in [2.24, 2.45) is 0 Å². The molecule has 0 bridgehead atoms. The maximum Gasteiger partial charge on any atom is 0.136 e. The minimum absolute atomic E-state index is 0.195. The number of hydrogen-bond acceptors (Lipinski definition) is 2. The Morgan fingerprint density at radius 1 is 0.439 bits per heavy atom. The van der Waals surface area contributed by atoms with Gasteiger partial charge in [-0.1, -0.05) is 146 Å². The number of hydrogen-bond donors (Lipinski definition) is 0. The Kier molecular flexibility index (Phi) is 8.07. The highest BCUT2D eigenvalue weighted by molar-refractivity contribution is 6.17. The molecule has 11 rings (SSSR count).